The van der Waals surface area contributed by atoms with Gasteiger partial charge in [0.05, 0.1) is 24.3 Å². The Bertz CT molecular complexity index is 1420. The van der Waals surface area contributed by atoms with E-state index in [9.17, 15) is 8.42 Å². The SMILES string of the molecule is COCCOCN(c1noc(C)c1C)S(=O)(=O)c1ccccc1-c1ccc(-c2ncco2)cc1CBr. The van der Waals surface area contributed by atoms with Gasteiger partial charge in [0.2, 0.25) is 5.89 Å². The van der Waals surface area contributed by atoms with Gasteiger partial charge in [-0.1, -0.05) is 45.4 Å². The predicted molar refractivity (Wildman–Crippen MR) is 138 cm³/mol. The van der Waals surface area contributed by atoms with Crippen LogP contribution in [0.4, 0.5) is 5.82 Å². The third-order valence-electron chi connectivity index (χ3n) is 5.68. The van der Waals surface area contributed by atoms with Crippen LogP contribution in [0.3, 0.4) is 0 Å². The summed E-state index contributed by atoms with van der Waals surface area (Å²) in [6, 6.07) is 12.5. The molecule has 0 aliphatic rings. The number of aryl methyl sites for hydroxylation is 1. The van der Waals surface area contributed by atoms with E-state index in [1.54, 1.807) is 51.4 Å². The van der Waals surface area contributed by atoms with Crippen LogP contribution in [0.15, 0.2) is 68.8 Å². The van der Waals surface area contributed by atoms with Crippen LogP contribution in [0.1, 0.15) is 16.9 Å². The first kappa shape index (κ1) is 26.1. The van der Waals surface area contributed by atoms with Crippen LogP contribution in [0.2, 0.25) is 0 Å². The van der Waals surface area contributed by atoms with Crippen molar-refractivity contribution in [1.29, 1.82) is 0 Å². The molecule has 36 heavy (non-hydrogen) atoms. The van der Waals surface area contributed by atoms with Crippen molar-refractivity contribution in [3.63, 3.8) is 0 Å². The van der Waals surface area contributed by atoms with Gasteiger partial charge >= 0.3 is 0 Å². The van der Waals surface area contributed by atoms with Crippen molar-refractivity contribution in [2.75, 3.05) is 31.4 Å². The molecule has 4 rings (SSSR count). The molecule has 0 spiro atoms. The number of hydrogen-bond donors (Lipinski definition) is 0. The molecule has 11 heteroatoms. The van der Waals surface area contributed by atoms with Gasteiger partial charge in [-0.25, -0.2) is 17.7 Å². The summed E-state index contributed by atoms with van der Waals surface area (Å²) in [4.78, 5) is 4.32. The van der Waals surface area contributed by atoms with Gasteiger partial charge in [0.1, 0.15) is 18.8 Å². The Morgan fingerprint density at radius 2 is 1.89 bits per heavy atom. The zero-order valence-corrected chi connectivity index (χ0v) is 22.5. The number of benzene rings is 2. The number of alkyl halides is 1. The summed E-state index contributed by atoms with van der Waals surface area (Å²) in [6.45, 7) is 3.78. The van der Waals surface area contributed by atoms with Gasteiger partial charge in [-0.2, -0.15) is 0 Å². The Labute approximate surface area is 218 Å². The Kier molecular flexibility index (Phi) is 8.24. The number of sulfonamides is 1. The van der Waals surface area contributed by atoms with Gasteiger partial charge in [0.25, 0.3) is 10.0 Å². The Hall–Kier alpha value is -2.99. The van der Waals surface area contributed by atoms with Crippen LogP contribution < -0.4 is 4.31 Å². The van der Waals surface area contributed by atoms with Gasteiger partial charge in [-0.3, -0.25) is 0 Å². The van der Waals surface area contributed by atoms with Gasteiger partial charge in [0, 0.05) is 29.1 Å². The van der Waals surface area contributed by atoms with E-state index in [1.165, 1.54) is 6.26 Å². The minimum Gasteiger partial charge on any atom is -0.445 e. The highest BCUT2D eigenvalue weighted by Gasteiger charge is 2.32. The lowest BCUT2D eigenvalue weighted by Gasteiger charge is -2.24. The number of halogens is 1. The molecule has 2 heterocycles. The zero-order chi connectivity index (χ0) is 25.7. The largest absolute Gasteiger partial charge is 0.445 e. The molecule has 2 aromatic heterocycles. The van der Waals surface area contributed by atoms with E-state index >= 15 is 0 Å². The summed E-state index contributed by atoms with van der Waals surface area (Å²) in [5, 5.41) is 4.51. The van der Waals surface area contributed by atoms with Gasteiger partial charge in [0.15, 0.2) is 5.82 Å². The van der Waals surface area contributed by atoms with E-state index in [2.05, 4.69) is 26.1 Å². The Morgan fingerprint density at radius 1 is 1.08 bits per heavy atom. The van der Waals surface area contributed by atoms with E-state index in [0.717, 1.165) is 21.0 Å². The number of methoxy groups -OCH3 is 1. The third-order valence-corrected chi connectivity index (χ3v) is 8.06. The lowest BCUT2D eigenvalue weighted by atomic mass is 9.98. The summed E-state index contributed by atoms with van der Waals surface area (Å²) < 4.78 is 50.7. The summed E-state index contributed by atoms with van der Waals surface area (Å²) in [5.41, 5.74) is 3.59. The fourth-order valence-electron chi connectivity index (χ4n) is 3.67. The molecule has 0 saturated heterocycles. The van der Waals surface area contributed by atoms with Crippen LogP contribution in [0.25, 0.3) is 22.6 Å². The second-order valence-electron chi connectivity index (χ2n) is 7.91. The average molecular weight is 576 g/mol. The molecule has 0 amide bonds. The molecule has 0 saturated carbocycles. The topological polar surface area (TPSA) is 108 Å². The molecular weight excluding hydrogens is 550 g/mol. The van der Waals surface area contributed by atoms with E-state index in [1.807, 2.05) is 18.2 Å². The Balaban J connectivity index is 1.80. The molecule has 0 aliphatic carbocycles. The minimum absolute atomic E-state index is 0.117. The first-order valence-corrected chi connectivity index (χ1v) is 13.6. The quantitative estimate of drug-likeness (QED) is 0.134. The maximum absolute atomic E-state index is 14.1. The van der Waals surface area contributed by atoms with Crippen LogP contribution >= 0.6 is 15.9 Å². The highest BCUT2D eigenvalue weighted by atomic mass is 79.9. The van der Waals surface area contributed by atoms with E-state index in [-0.39, 0.29) is 24.1 Å². The molecule has 0 bridgehead atoms. The van der Waals surface area contributed by atoms with Gasteiger partial charge in [-0.15, -0.1) is 0 Å². The number of hydrogen-bond acceptors (Lipinski definition) is 8. The third kappa shape index (κ3) is 5.24. The standard InChI is InChI=1S/C25H26BrN3O6S/c1-17-18(2)35-28-24(17)29(16-33-13-12-32-3)36(30,31)23-7-5-4-6-22(23)21-9-8-19(14-20(21)15-26)25-27-10-11-34-25/h4-11,14H,12-13,15-16H2,1-3H3. The van der Waals surface area contributed by atoms with Crippen molar-refractivity contribution >= 4 is 31.8 Å². The number of ether oxygens (including phenoxy) is 2. The lowest BCUT2D eigenvalue weighted by Crippen LogP contribution is -2.35. The van der Waals surface area contributed by atoms with Crippen molar-refractivity contribution in [3.05, 3.63) is 71.8 Å². The van der Waals surface area contributed by atoms with Gasteiger partial charge in [-0.05, 0) is 43.2 Å². The van der Waals surface area contributed by atoms with Crippen molar-refractivity contribution in [1.82, 2.24) is 10.1 Å². The number of rotatable bonds is 11. The van der Waals surface area contributed by atoms with Crippen LogP contribution in [0, 0.1) is 13.8 Å². The molecule has 190 valence electrons. The maximum atomic E-state index is 14.1. The molecule has 9 nitrogen and oxygen atoms in total. The second kappa shape index (κ2) is 11.4. The second-order valence-corrected chi connectivity index (χ2v) is 10.3. The first-order valence-electron chi connectivity index (χ1n) is 11.1. The van der Waals surface area contributed by atoms with E-state index in [0.29, 0.717) is 34.7 Å². The molecule has 0 atom stereocenters. The summed E-state index contributed by atoms with van der Waals surface area (Å²) in [7, 11) is -2.56. The van der Waals surface area contributed by atoms with E-state index in [4.69, 9.17) is 18.4 Å². The van der Waals surface area contributed by atoms with Crippen molar-refractivity contribution in [3.8, 4) is 22.6 Å². The summed E-state index contributed by atoms with van der Waals surface area (Å²) in [6.07, 6.45) is 3.09. The minimum atomic E-state index is -4.11. The number of nitrogens with zero attached hydrogens (tertiary/aromatic N) is 3. The molecule has 4 aromatic rings. The fourth-order valence-corrected chi connectivity index (χ4v) is 5.69. The normalized spacial score (nSPS) is 11.7. The molecule has 0 radical (unpaired) electrons. The van der Waals surface area contributed by atoms with Crippen molar-refractivity contribution < 1.29 is 26.8 Å². The van der Waals surface area contributed by atoms with Crippen molar-refractivity contribution in [2.24, 2.45) is 0 Å². The number of oxazole rings is 1. The highest BCUT2D eigenvalue weighted by Crippen LogP contribution is 2.36. The van der Waals surface area contributed by atoms with Crippen molar-refractivity contribution in [2.45, 2.75) is 24.1 Å². The first-order chi connectivity index (χ1) is 17.4. The monoisotopic (exact) mass is 575 g/mol. The number of anilines is 1. The summed E-state index contributed by atoms with van der Waals surface area (Å²) in [5.74, 6) is 1.19. The van der Waals surface area contributed by atoms with Gasteiger partial charge < -0.3 is 18.4 Å². The summed E-state index contributed by atoms with van der Waals surface area (Å²) >= 11 is 3.54. The molecule has 0 aliphatic heterocycles. The zero-order valence-electron chi connectivity index (χ0n) is 20.1. The van der Waals surface area contributed by atoms with Crippen LogP contribution in [-0.2, 0) is 24.8 Å². The Morgan fingerprint density at radius 3 is 2.56 bits per heavy atom. The molecule has 0 unspecified atom stereocenters. The van der Waals surface area contributed by atoms with Crippen LogP contribution in [0.5, 0.6) is 0 Å². The average Bonchev–Trinajstić information content (AvgIpc) is 3.54. The molecular formula is C25H26BrN3O6S. The molecule has 0 fully saturated rings. The maximum Gasteiger partial charge on any atom is 0.268 e. The highest BCUT2D eigenvalue weighted by molar-refractivity contribution is 9.08. The smallest absolute Gasteiger partial charge is 0.268 e. The predicted octanol–water partition coefficient (Wildman–Crippen LogP) is 5.32. The van der Waals surface area contributed by atoms with E-state index < -0.39 is 10.0 Å². The fraction of sp³-hybridized carbons (Fsp3) is 0.280. The molecule has 0 N–H and O–H groups in total. The lowest BCUT2D eigenvalue weighted by molar-refractivity contribution is 0.0753. The number of aromatic nitrogens is 2. The molecule has 2 aromatic carbocycles. The van der Waals surface area contributed by atoms with Crippen LogP contribution in [-0.4, -0.2) is 45.6 Å².